The smallest absolute Gasteiger partial charge is 0.273 e. The Morgan fingerprint density at radius 3 is 2.19 bits per heavy atom. The second-order valence-electron chi connectivity index (χ2n) is 8.22. The van der Waals surface area contributed by atoms with Crippen LogP contribution in [0.25, 0.3) is 0 Å². The first-order valence-corrected chi connectivity index (χ1v) is 12.8. The molecule has 0 aromatic heterocycles. The van der Waals surface area contributed by atoms with Crippen LogP contribution < -0.4 is 4.72 Å². The van der Waals surface area contributed by atoms with Crippen molar-refractivity contribution in [1.82, 2.24) is 4.31 Å². The minimum absolute atomic E-state index is 0.0915. The molecule has 1 fully saturated rings. The van der Waals surface area contributed by atoms with Gasteiger partial charge in [0, 0.05) is 19.2 Å². The molecule has 0 unspecified atom stereocenters. The molecule has 32 heavy (non-hydrogen) atoms. The van der Waals surface area contributed by atoms with E-state index < -0.39 is 42.2 Å². The second kappa shape index (κ2) is 8.75. The molecule has 0 radical (unpaired) electrons. The van der Waals surface area contributed by atoms with E-state index in [0.29, 0.717) is 13.1 Å². The van der Waals surface area contributed by atoms with Crippen molar-refractivity contribution in [3.05, 3.63) is 57.9 Å². The van der Waals surface area contributed by atoms with Gasteiger partial charge in [-0.1, -0.05) is 13.8 Å². The third kappa shape index (κ3) is 4.92. The SMILES string of the molecule is Cc1cc(S(=O)(=O)Nc2ccc(S(=O)(=O)N3C[C@@H](C)C[C@H](C)C3)cc2[N+](=O)[O-])ccc1F. The zero-order valence-corrected chi connectivity index (χ0v) is 19.4. The maximum absolute atomic E-state index is 13.5. The molecule has 1 aliphatic heterocycles. The van der Waals surface area contributed by atoms with Crippen LogP contribution in [0.1, 0.15) is 25.8 Å². The zero-order chi connectivity index (χ0) is 23.8. The van der Waals surface area contributed by atoms with E-state index >= 15 is 0 Å². The number of hydrogen-bond donors (Lipinski definition) is 1. The second-order valence-corrected chi connectivity index (χ2v) is 11.8. The van der Waals surface area contributed by atoms with Gasteiger partial charge in [0.1, 0.15) is 11.5 Å². The maximum atomic E-state index is 13.5. The van der Waals surface area contributed by atoms with Crippen LogP contribution in [-0.4, -0.2) is 39.2 Å². The van der Waals surface area contributed by atoms with Crippen molar-refractivity contribution >= 4 is 31.4 Å². The van der Waals surface area contributed by atoms with E-state index in [9.17, 15) is 31.3 Å². The average Bonchev–Trinajstić information content (AvgIpc) is 2.69. The Labute approximate surface area is 186 Å². The molecule has 174 valence electrons. The number of anilines is 1. The summed E-state index contributed by atoms with van der Waals surface area (Å²) in [6, 6.07) is 6.16. The van der Waals surface area contributed by atoms with Gasteiger partial charge in [0.25, 0.3) is 15.7 Å². The van der Waals surface area contributed by atoms with Crippen LogP contribution in [0.5, 0.6) is 0 Å². The summed E-state index contributed by atoms with van der Waals surface area (Å²) in [5.74, 6) is -0.298. The van der Waals surface area contributed by atoms with E-state index in [1.165, 1.54) is 11.2 Å². The number of hydrogen-bond acceptors (Lipinski definition) is 6. The van der Waals surface area contributed by atoms with Crippen molar-refractivity contribution in [2.75, 3.05) is 17.8 Å². The first-order chi connectivity index (χ1) is 14.8. The summed E-state index contributed by atoms with van der Waals surface area (Å²) in [6.07, 6.45) is 0.885. The Morgan fingerprint density at radius 2 is 1.62 bits per heavy atom. The highest BCUT2D eigenvalue weighted by atomic mass is 32.2. The van der Waals surface area contributed by atoms with Crippen LogP contribution in [0.3, 0.4) is 0 Å². The Bertz CT molecular complexity index is 1250. The summed E-state index contributed by atoms with van der Waals surface area (Å²) < 4.78 is 68.3. The molecule has 2 aromatic rings. The van der Waals surface area contributed by atoms with Gasteiger partial charge in [0.05, 0.1) is 14.7 Å². The van der Waals surface area contributed by atoms with Gasteiger partial charge in [-0.3, -0.25) is 14.8 Å². The maximum Gasteiger partial charge on any atom is 0.294 e. The summed E-state index contributed by atoms with van der Waals surface area (Å²) in [5.41, 5.74) is -1.00. The number of sulfonamides is 2. The molecule has 1 N–H and O–H groups in total. The molecule has 1 saturated heterocycles. The summed E-state index contributed by atoms with van der Waals surface area (Å²) in [6.45, 7) is 5.88. The average molecular weight is 486 g/mol. The molecule has 0 bridgehead atoms. The number of benzene rings is 2. The van der Waals surface area contributed by atoms with Gasteiger partial charge in [-0.05, 0) is 61.1 Å². The largest absolute Gasteiger partial charge is 0.294 e. The molecule has 0 saturated carbocycles. The third-order valence-corrected chi connectivity index (χ3v) is 8.51. The fourth-order valence-electron chi connectivity index (χ4n) is 3.85. The van der Waals surface area contributed by atoms with E-state index in [2.05, 4.69) is 4.72 Å². The molecule has 0 spiro atoms. The van der Waals surface area contributed by atoms with E-state index in [4.69, 9.17) is 0 Å². The predicted molar refractivity (Wildman–Crippen MR) is 117 cm³/mol. The van der Waals surface area contributed by atoms with Gasteiger partial charge in [-0.25, -0.2) is 21.2 Å². The monoisotopic (exact) mass is 485 g/mol. The third-order valence-electron chi connectivity index (χ3n) is 5.32. The lowest BCUT2D eigenvalue weighted by Crippen LogP contribution is -2.42. The van der Waals surface area contributed by atoms with Crippen LogP contribution >= 0.6 is 0 Å². The molecular formula is C20H24FN3O6S2. The number of piperidine rings is 1. The molecule has 0 aliphatic carbocycles. The van der Waals surface area contributed by atoms with E-state index in [0.717, 1.165) is 42.8 Å². The van der Waals surface area contributed by atoms with Gasteiger partial charge in [-0.2, -0.15) is 4.31 Å². The highest BCUT2D eigenvalue weighted by Crippen LogP contribution is 2.33. The summed E-state index contributed by atoms with van der Waals surface area (Å²) >= 11 is 0. The van der Waals surface area contributed by atoms with Crippen molar-refractivity contribution < 1.29 is 26.1 Å². The van der Waals surface area contributed by atoms with Gasteiger partial charge in [0.2, 0.25) is 10.0 Å². The van der Waals surface area contributed by atoms with Crippen LogP contribution in [0.2, 0.25) is 0 Å². The highest BCUT2D eigenvalue weighted by molar-refractivity contribution is 7.92. The first kappa shape index (κ1) is 24.1. The topological polar surface area (TPSA) is 127 Å². The van der Waals surface area contributed by atoms with E-state index in [-0.39, 0.29) is 27.2 Å². The molecule has 1 heterocycles. The summed E-state index contributed by atoms with van der Waals surface area (Å²) in [5, 5.41) is 11.6. The zero-order valence-electron chi connectivity index (χ0n) is 17.8. The summed E-state index contributed by atoms with van der Waals surface area (Å²) in [4.78, 5) is 10.2. The molecular weight excluding hydrogens is 461 g/mol. The Morgan fingerprint density at radius 1 is 1.03 bits per heavy atom. The van der Waals surface area contributed by atoms with Crippen molar-refractivity contribution in [2.45, 2.75) is 37.0 Å². The number of rotatable bonds is 6. The van der Waals surface area contributed by atoms with Crippen molar-refractivity contribution in [3.8, 4) is 0 Å². The normalized spacial score (nSPS) is 20.1. The lowest BCUT2D eigenvalue weighted by atomic mass is 9.94. The van der Waals surface area contributed by atoms with Crippen LogP contribution in [0.15, 0.2) is 46.2 Å². The lowest BCUT2D eigenvalue weighted by molar-refractivity contribution is -0.384. The van der Waals surface area contributed by atoms with E-state index in [1.807, 2.05) is 13.8 Å². The number of nitro benzene ring substituents is 1. The molecule has 2 atom stereocenters. The number of nitro groups is 1. The van der Waals surface area contributed by atoms with Crippen molar-refractivity contribution in [1.29, 1.82) is 0 Å². The number of halogens is 1. The first-order valence-electron chi connectivity index (χ1n) is 9.89. The fraction of sp³-hybridized carbons (Fsp3) is 0.400. The fourth-order valence-corrected chi connectivity index (χ4v) is 6.71. The van der Waals surface area contributed by atoms with Crippen LogP contribution in [0, 0.1) is 34.7 Å². The molecule has 3 rings (SSSR count). The Balaban J connectivity index is 1.98. The predicted octanol–water partition coefficient (Wildman–Crippen LogP) is 3.51. The van der Waals surface area contributed by atoms with Crippen LogP contribution in [-0.2, 0) is 20.0 Å². The lowest BCUT2D eigenvalue weighted by Gasteiger charge is -2.34. The minimum Gasteiger partial charge on any atom is -0.273 e. The standard InChI is InChI=1S/C20H24FN3O6S2/c1-13-8-14(2)12-23(11-13)32(29,30)17-5-7-19(20(10-17)24(25)26)22-31(27,28)16-4-6-18(21)15(3)9-16/h4-7,9-10,13-14,22H,8,11-12H2,1-3H3/t13-,14-/m0/s1. The number of nitrogens with one attached hydrogen (secondary N) is 1. The molecule has 9 nitrogen and oxygen atoms in total. The van der Waals surface area contributed by atoms with E-state index in [1.54, 1.807) is 0 Å². The van der Waals surface area contributed by atoms with Crippen LogP contribution in [0.4, 0.5) is 15.8 Å². The number of aryl methyl sites for hydroxylation is 1. The van der Waals surface area contributed by atoms with Gasteiger partial charge in [0.15, 0.2) is 0 Å². The van der Waals surface area contributed by atoms with Crippen molar-refractivity contribution in [2.24, 2.45) is 11.8 Å². The van der Waals surface area contributed by atoms with Crippen molar-refractivity contribution in [3.63, 3.8) is 0 Å². The molecule has 12 heteroatoms. The number of nitrogens with zero attached hydrogens (tertiary/aromatic N) is 2. The van der Waals surface area contributed by atoms with Gasteiger partial charge in [-0.15, -0.1) is 0 Å². The highest BCUT2D eigenvalue weighted by Gasteiger charge is 2.33. The molecule has 1 aliphatic rings. The Kier molecular flexibility index (Phi) is 6.59. The quantitative estimate of drug-likeness (QED) is 0.493. The van der Waals surface area contributed by atoms with Gasteiger partial charge >= 0.3 is 0 Å². The molecule has 0 amide bonds. The summed E-state index contributed by atoms with van der Waals surface area (Å²) in [7, 11) is -8.27. The minimum atomic E-state index is -4.27. The molecule has 2 aromatic carbocycles. The van der Waals surface area contributed by atoms with Gasteiger partial charge < -0.3 is 0 Å². The Hall–Kier alpha value is -2.57.